The molecule has 1 aromatic carbocycles. The van der Waals surface area contributed by atoms with Crippen LogP contribution in [0.25, 0.3) is 0 Å². The van der Waals surface area contributed by atoms with Gasteiger partial charge in [-0.15, -0.1) is 0 Å². The van der Waals surface area contributed by atoms with Crippen molar-refractivity contribution in [1.29, 1.82) is 0 Å². The number of benzene rings is 1. The Morgan fingerprint density at radius 1 is 1.35 bits per heavy atom. The van der Waals surface area contributed by atoms with Crippen molar-refractivity contribution in [2.24, 2.45) is 5.73 Å². The van der Waals surface area contributed by atoms with E-state index in [1.165, 1.54) is 0 Å². The van der Waals surface area contributed by atoms with Crippen molar-refractivity contribution in [3.05, 3.63) is 35.4 Å². The summed E-state index contributed by atoms with van der Waals surface area (Å²) in [6, 6.07) is 5.48. The van der Waals surface area contributed by atoms with Crippen molar-refractivity contribution in [2.45, 2.75) is 50.2 Å². The largest absolute Gasteiger partial charge is 0.388 e. The van der Waals surface area contributed by atoms with E-state index < -0.39 is 11.7 Å². The molecular weight excluding hydrogens is 250 g/mol. The second-order valence-corrected chi connectivity index (χ2v) is 5.46. The molecule has 4 N–H and O–H groups in total. The summed E-state index contributed by atoms with van der Waals surface area (Å²) in [7, 11) is 0. The second-order valence-electron chi connectivity index (χ2n) is 5.46. The lowest BCUT2D eigenvalue weighted by atomic mass is 9.85. The maximum Gasteiger partial charge on any atom is 0.125 e. The van der Waals surface area contributed by atoms with Gasteiger partial charge in [-0.1, -0.05) is 30.4 Å². The van der Waals surface area contributed by atoms with Crippen molar-refractivity contribution < 1.29 is 11.6 Å². The van der Waals surface area contributed by atoms with Crippen molar-refractivity contribution in [1.82, 2.24) is 0 Å². The first kappa shape index (κ1) is 13.6. The average molecular weight is 274 g/mol. The molecule has 1 aliphatic rings. The van der Waals surface area contributed by atoms with Gasteiger partial charge in [-0.25, -0.2) is 0 Å². The van der Waals surface area contributed by atoms with Gasteiger partial charge in [0.1, 0.15) is 5.60 Å². The number of hydrogen-bond donors (Lipinski definition) is 3. The van der Waals surface area contributed by atoms with Crippen LogP contribution in [0.3, 0.4) is 0 Å². The molecule has 2 rings (SSSR count). The number of aliphatic hydroxyl groups excluding tert-OH is 1. The topological polar surface area (TPSA) is 66.5 Å². The van der Waals surface area contributed by atoms with Gasteiger partial charge < -0.3 is 15.9 Å². The first-order valence-electron chi connectivity index (χ1n) is 7.79. The summed E-state index contributed by atoms with van der Waals surface area (Å²) in [6.45, 7) is 0.371. The fourth-order valence-corrected chi connectivity index (χ4v) is 2.51. The standard InChI is InChI=1S/C17H23NO2/c18-12-8-16(19)15-6-4-5-14(13-15)7-11-17(20)9-2-1-3-10-17/h4-6,13,16,19-20H,1-3,8-10,12,18H2/t16-/m0/s1/i13D. The number of hydrogen-bond acceptors (Lipinski definition) is 3. The summed E-state index contributed by atoms with van der Waals surface area (Å²) >= 11 is 0. The predicted octanol–water partition coefficient (Wildman–Crippen LogP) is 2.12. The van der Waals surface area contributed by atoms with Gasteiger partial charge in [-0.3, -0.25) is 0 Å². The first-order chi connectivity index (χ1) is 10.1. The van der Waals surface area contributed by atoms with Crippen molar-refractivity contribution in [3.63, 3.8) is 0 Å². The van der Waals surface area contributed by atoms with E-state index >= 15 is 0 Å². The number of nitrogens with two attached hydrogens (primary N) is 1. The van der Waals surface area contributed by atoms with Crippen LogP contribution in [0.1, 0.15) is 57.1 Å². The zero-order valence-electron chi connectivity index (χ0n) is 12.7. The Labute approximate surface area is 122 Å². The molecule has 0 saturated heterocycles. The molecule has 0 aromatic heterocycles. The molecule has 0 bridgehead atoms. The fraction of sp³-hybridized carbons (Fsp3) is 0.529. The SMILES string of the molecule is [2H]c1c(C#CC2(O)CCCCC2)cccc1[C@@H](O)CCN. The zero-order chi connectivity index (χ0) is 15.3. The quantitative estimate of drug-likeness (QED) is 0.740. The second kappa shape index (κ2) is 6.90. The van der Waals surface area contributed by atoms with Crippen LogP contribution in [0.2, 0.25) is 0 Å². The highest BCUT2D eigenvalue weighted by atomic mass is 16.3. The molecule has 1 atom stereocenters. The Bertz CT molecular complexity index is 541. The molecule has 1 fully saturated rings. The van der Waals surface area contributed by atoms with E-state index in [9.17, 15) is 10.2 Å². The Morgan fingerprint density at radius 2 is 2.10 bits per heavy atom. The molecule has 1 saturated carbocycles. The molecule has 1 aliphatic carbocycles. The molecule has 0 amide bonds. The third-order valence-corrected chi connectivity index (χ3v) is 3.73. The lowest BCUT2D eigenvalue weighted by molar-refractivity contribution is 0.0610. The zero-order valence-corrected chi connectivity index (χ0v) is 11.7. The normalized spacial score (nSPS) is 19.6. The van der Waals surface area contributed by atoms with Gasteiger partial charge in [0, 0.05) is 5.56 Å². The van der Waals surface area contributed by atoms with E-state index in [0.29, 0.717) is 36.9 Å². The summed E-state index contributed by atoms with van der Waals surface area (Å²) in [5, 5.41) is 20.4. The number of aliphatic hydroxyl groups is 2. The van der Waals surface area contributed by atoms with Crippen LogP contribution in [0.15, 0.2) is 24.2 Å². The Morgan fingerprint density at radius 3 is 2.80 bits per heavy atom. The summed E-state index contributed by atoms with van der Waals surface area (Å²) in [5.41, 5.74) is 5.61. The molecule has 0 radical (unpaired) electrons. The van der Waals surface area contributed by atoms with Gasteiger partial charge in [0.2, 0.25) is 0 Å². The third kappa shape index (κ3) is 4.08. The average Bonchev–Trinajstić information content (AvgIpc) is 2.47. The van der Waals surface area contributed by atoms with Gasteiger partial charge in [-0.05, 0) is 56.3 Å². The number of rotatable bonds is 3. The maximum absolute atomic E-state index is 10.4. The van der Waals surface area contributed by atoms with E-state index in [2.05, 4.69) is 11.8 Å². The van der Waals surface area contributed by atoms with Crippen LogP contribution < -0.4 is 5.73 Å². The lowest BCUT2D eigenvalue weighted by Crippen LogP contribution is -2.29. The Kier molecular flexibility index (Phi) is 4.70. The Hall–Kier alpha value is -1.34. The van der Waals surface area contributed by atoms with Crippen LogP contribution in [-0.2, 0) is 0 Å². The molecular formula is C17H23NO2. The summed E-state index contributed by atoms with van der Waals surface area (Å²) in [6.07, 6.45) is 4.22. The highest BCUT2D eigenvalue weighted by molar-refractivity contribution is 5.39. The van der Waals surface area contributed by atoms with Crippen LogP contribution in [-0.4, -0.2) is 22.4 Å². The molecule has 1 aromatic rings. The van der Waals surface area contributed by atoms with Crippen LogP contribution in [0.5, 0.6) is 0 Å². The molecule has 20 heavy (non-hydrogen) atoms. The Balaban J connectivity index is 2.23. The summed E-state index contributed by atoms with van der Waals surface area (Å²) in [4.78, 5) is 0. The van der Waals surface area contributed by atoms with Gasteiger partial charge >= 0.3 is 0 Å². The molecule has 108 valence electrons. The lowest BCUT2D eigenvalue weighted by Gasteiger charge is -2.26. The van der Waals surface area contributed by atoms with Crippen molar-refractivity contribution in [3.8, 4) is 11.8 Å². The first-order valence-corrected chi connectivity index (χ1v) is 7.29. The predicted molar refractivity (Wildman–Crippen MR) is 80.0 cm³/mol. The molecule has 0 aliphatic heterocycles. The van der Waals surface area contributed by atoms with E-state index in [1.54, 1.807) is 18.2 Å². The van der Waals surface area contributed by atoms with E-state index in [-0.39, 0.29) is 6.04 Å². The van der Waals surface area contributed by atoms with E-state index in [4.69, 9.17) is 7.10 Å². The molecule has 3 nitrogen and oxygen atoms in total. The monoisotopic (exact) mass is 274 g/mol. The summed E-state index contributed by atoms with van der Waals surface area (Å²) < 4.78 is 8.15. The van der Waals surface area contributed by atoms with Gasteiger partial charge in [0.25, 0.3) is 0 Å². The minimum absolute atomic E-state index is 0.227. The van der Waals surface area contributed by atoms with Gasteiger partial charge in [-0.2, -0.15) is 0 Å². The smallest absolute Gasteiger partial charge is 0.125 e. The van der Waals surface area contributed by atoms with Crippen LogP contribution in [0, 0.1) is 11.8 Å². The highest BCUT2D eigenvalue weighted by Gasteiger charge is 2.26. The summed E-state index contributed by atoms with van der Waals surface area (Å²) in [5.74, 6) is 5.86. The molecule has 0 heterocycles. The maximum atomic E-state index is 10.4. The van der Waals surface area contributed by atoms with Gasteiger partial charge in [0.15, 0.2) is 0 Å². The van der Waals surface area contributed by atoms with Crippen molar-refractivity contribution in [2.75, 3.05) is 6.54 Å². The van der Waals surface area contributed by atoms with Crippen molar-refractivity contribution >= 4 is 0 Å². The highest BCUT2D eigenvalue weighted by Crippen LogP contribution is 2.27. The van der Waals surface area contributed by atoms with Crippen LogP contribution in [0.4, 0.5) is 0 Å². The molecule has 3 heteroatoms. The minimum Gasteiger partial charge on any atom is -0.388 e. The van der Waals surface area contributed by atoms with Crippen LogP contribution >= 0.6 is 0 Å². The minimum atomic E-state index is -0.920. The molecule has 0 spiro atoms. The van der Waals surface area contributed by atoms with E-state index in [0.717, 1.165) is 19.3 Å². The molecule has 0 unspecified atom stereocenters. The van der Waals surface area contributed by atoms with Gasteiger partial charge in [0.05, 0.1) is 7.47 Å². The third-order valence-electron chi connectivity index (χ3n) is 3.73. The van der Waals surface area contributed by atoms with E-state index in [1.807, 2.05) is 0 Å². The fourth-order valence-electron chi connectivity index (χ4n) is 2.51.